The lowest BCUT2D eigenvalue weighted by Gasteiger charge is -2.44. The third kappa shape index (κ3) is 2.82. The Morgan fingerprint density at radius 1 is 1.26 bits per heavy atom. The van der Waals surface area contributed by atoms with E-state index < -0.39 is 0 Å². The summed E-state index contributed by atoms with van der Waals surface area (Å²) in [7, 11) is 5.53. The van der Waals surface area contributed by atoms with E-state index in [0.29, 0.717) is 6.54 Å². The number of hydrogen-bond acceptors (Lipinski definition) is 4. The van der Waals surface area contributed by atoms with E-state index in [1.807, 2.05) is 0 Å². The zero-order chi connectivity index (χ0) is 14.0. The third-order valence-electron chi connectivity index (χ3n) is 5.61. The lowest BCUT2D eigenvalue weighted by Crippen LogP contribution is -2.60. The molecule has 4 unspecified atom stereocenters. The van der Waals surface area contributed by atoms with Gasteiger partial charge in [-0.2, -0.15) is 0 Å². The Labute approximate surface area is 117 Å². The highest BCUT2D eigenvalue weighted by molar-refractivity contribution is 4.95. The van der Waals surface area contributed by atoms with Crippen molar-refractivity contribution in [3.63, 3.8) is 0 Å². The Balaban J connectivity index is 1.98. The molecule has 2 aliphatic rings. The fraction of sp³-hybridized carbons (Fsp3) is 1.00. The summed E-state index contributed by atoms with van der Waals surface area (Å²) in [6, 6.07) is 0. The first-order valence-corrected chi connectivity index (χ1v) is 7.52. The quantitative estimate of drug-likeness (QED) is 0.715. The maximum atomic E-state index is 6.01. The summed E-state index contributed by atoms with van der Waals surface area (Å²) in [5.74, 6) is 2.77. The van der Waals surface area contributed by atoms with Crippen LogP contribution < -0.4 is 5.73 Å². The Kier molecular flexibility index (Phi) is 4.88. The zero-order valence-electron chi connectivity index (χ0n) is 12.9. The minimum absolute atomic E-state index is 0.259. The Morgan fingerprint density at radius 3 is 2.37 bits per heavy atom. The lowest BCUT2D eigenvalue weighted by molar-refractivity contribution is -0.179. The molecule has 2 saturated carbocycles. The molecule has 0 aromatic rings. The average Bonchev–Trinajstić information content (AvgIpc) is 3.01. The molecule has 112 valence electrons. The van der Waals surface area contributed by atoms with E-state index in [1.165, 1.54) is 25.7 Å². The first-order chi connectivity index (χ1) is 9.05. The highest BCUT2D eigenvalue weighted by Gasteiger charge is 2.43. The summed E-state index contributed by atoms with van der Waals surface area (Å²) in [5, 5.41) is 0. The number of rotatable bonds is 7. The van der Waals surface area contributed by atoms with E-state index in [9.17, 15) is 0 Å². The standard InChI is InChI=1S/C15H30N2O2/c1-15(10-16,14(18-3)19-4)17(2)9-13-8-11-5-6-12(13)7-11/h11-14H,5-10,16H2,1-4H3. The van der Waals surface area contributed by atoms with Crippen molar-refractivity contribution >= 4 is 0 Å². The van der Waals surface area contributed by atoms with E-state index >= 15 is 0 Å². The van der Waals surface area contributed by atoms with Gasteiger partial charge in [-0.3, -0.25) is 4.90 Å². The van der Waals surface area contributed by atoms with Crippen LogP contribution in [0.3, 0.4) is 0 Å². The summed E-state index contributed by atoms with van der Waals surface area (Å²) in [6.45, 7) is 3.78. The summed E-state index contributed by atoms with van der Waals surface area (Å²) >= 11 is 0. The SMILES string of the molecule is COC(OC)C(C)(CN)N(C)CC1CC2CCC1C2. The number of nitrogens with two attached hydrogens (primary N) is 1. The number of likely N-dealkylation sites (N-methyl/N-ethyl adjacent to an activating group) is 1. The predicted molar refractivity (Wildman–Crippen MR) is 76.8 cm³/mol. The number of fused-ring (bicyclic) bond motifs is 2. The van der Waals surface area contributed by atoms with Crippen molar-refractivity contribution in [3.05, 3.63) is 0 Å². The molecular weight excluding hydrogens is 240 g/mol. The van der Waals surface area contributed by atoms with Crippen LogP contribution in [0, 0.1) is 17.8 Å². The fourth-order valence-corrected chi connectivity index (χ4v) is 4.20. The van der Waals surface area contributed by atoms with Gasteiger partial charge >= 0.3 is 0 Å². The summed E-state index contributed by atoms with van der Waals surface area (Å²) in [6.07, 6.45) is 5.47. The van der Waals surface area contributed by atoms with Gasteiger partial charge in [-0.15, -0.1) is 0 Å². The maximum Gasteiger partial charge on any atom is 0.176 e. The van der Waals surface area contributed by atoms with Gasteiger partial charge in [0.25, 0.3) is 0 Å². The second-order valence-electron chi connectivity index (χ2n) is 6.68. The normalized spacial score (nSPS) is 33.3. The van der Waals surface area contributed by atoms with Gasteiger partial charge in [0.2, 0.25) is 0 Å². The van der Waals surface area contributed by atoms with Gasteiger partial charge in [-0.1, -0.05) is 6.42 Å². The van der Waals surface area contributed by atoms with Gasteiger partial charge in [0.1, 0.15) is 0 Å². The molecule has 2 N–H and O–H groups in total. The minimum atomic E-state index is -0.277. The third-order valence-corrected chi connectivity index (χ3v) is 5.61. The summed E-state index contributed by atoms with van der Waals surface area (Å²) < 4.78 is 10.9. The maximum absolute atomic E-state index is 6.01. The molecule has 4 nitrogen and oxygen atoms in total. The van der Waals surface area contributed by atoms with Gasteiger partial charge in [-0.25, -0.2) is 0 Å². The van der Waals surface area contributed by atoms with Crippen molar-refractivity contribution < 1.29 is 9.47 Å². The molecule has 0 heterocycles. The molecular formula is C15H30N2O2. The molecule has 2 bridgehead atoms. The topological polar surface area (TPSA) is 47.7 Å². The predicted octanol–water partition coefficient (Wildman–Crippen LogP) is 1.69. The zero-order valence-corrected chi connectivity index (χ0v) is 12.9. The molecule has 4 heteroatoms. The van der Waals surface area contributed by atoms with Crippen LogP contribution in [0.5, 0.6) is 0 Å². The number of methoxy groups -OCH3 is 2. The van der Waals surface area contributed by atoms with Crippen molar-refractivity contribution in [2.45, 2.75) is 44.4 Å². The lowest BCUT2D eigenvalue weighted by atomic mass is 9.87. The smallest absolute Gasteiger partial charge is 0.176 e. The van der Waals surface area contributed by atoms with E-state index in [2.05, 4.69) is 18.9 Å². The molecule has 2 fully saturated rings. The van der Waals surface area contributed by atoms with Crippen molar-refractivity contribution in [3.8, 4) is 0 Å². The van der Waals surface area contributed by atoms with Crippen LogP contribution >= 0.6 is 0 Å². The van der Waals surface area contributed by atoms with Gasteiger partial charge < -0.3 is 15.2 Å². The van der Waals surface area contributed by atoms with Gasteiger partial charge in [-0.05, 0) is 51.0 Å². The van der Waals surface area contributed by atoms with Crippen molar-refractivity contribution in [2.75, 3.05) is 34.4 Å². The number of ether oxygens (including phenoxy) is 2. The van der Waals surface area contributed by atoms with E-state index in [4.69, 9.17) is 15.2 Å². The molecule has 2 aliphatic carbocycles. The molecule has 0 saturated heterocycles. The van der Waals surface area contributed by atoms with Gasteiger partial charge in [0, 0.05) is 27.3 Å². The molecule has 4 atom stereocenters. The molecule has 2 rings (SSSR count). The molecule has 0 aromatic heterocycles. The van der Waals surface area contributed by atoms with Crippen LogP contribution in [-0.2, 0) is 9.47 Å². The molecule has 0 spiro atoms. The molecule has 0 radical (unpaired) electrons. The van der Waals surface area contributed by atoms with Crippen LogP contribution in [0.1, 0.15) is 32.6 Å². The van der Waals surface area contributed by atoms with Crippen molar-refractivity contribution in [1.29, 1.82) is 0 Å². The van der Waals surface area contributed by atoms with Crippen molar-refractivity contribution in [1.82, 2.24) is 4.90 Å². The number of nitrogens with zero attached hydrogens (tertiary/aromatic N) is 1. The summed E-state index contributed by atoms with van der Waals surface area (Å²) in [5.41, 5.74) is 5.75. The fourth-order valence-electron chi connectivity index (χ4n) is 4.20. The summed E-state index contributed by atoms with van der Waals surface area (Å²) in [4.78, 5) is 2.36. The Hall–Kier alpha value is -0.160. The first kappa shape index (κ1) is 15.2. The average molecular weight is 270 g/mol. The molecule has 0 aliphatic heterocycles. The van der Waals surface area contributed by atoms with E-state index in [0.717, 1.165) is 24.3 Å². The van der Waals surface area contributed by atoms with Crippen LogP contribution in [0.25, 0.3) is 0 Å². The van der Waals surface area contributed by atoms with Gasteiger partial charge in [0.15, 0.2) is 6.29 Å². The Bertz CT molecular complexity index is 296. The van der Waals surface area contributed by atoms with Gasteiger partial charge in [0.05, 0.1) is 5.54 Å². The Morgan fingerprint density at radius 2 is 1.95 bits per heavy atom. The van der Waals surface area contributed by atoms with Crippen LogP contribution in [-0.4, -0.2) is 51.1 Å². The molecule has 0 amide bonds. The molecule has 19 heavy (non-hydrogen) atoms. The highest BCUT2D eigenvalue weighted by atomic mass is 16.7. The number of hydrogen-bond donors (Lipinski definition) is 1. The van der Waals surface area contributed by atoms with Crippen molar-refractivity contribution in [2.24, 2.45) is 23.5 Å². The monoisotopic (exact) mass is 270 g/mol. The van der Waals surface area contributed by atoms with E-state index in [1.54, 1.807) is 14.2 Å². The minimum Gasteiger partial charge on any atom is -0.354 e. The molecule has 0 aromatic carbocycles. The van der Waals surface area contributed by atoms with Crippen LogP contribution in [0.15, 0.2) is 0 Å². The second kappa shape index (κ2) is 6.08. The van der Waals surface area contributed by atoms with E-state index in [-0.39, 0.29) is 11.8 Å². The second-order valence-corrected chi connectivity index (χ2v) is 6.68. The van der Waals surface area contributed by atoms with Crippen LogP contribution in [0.4, 0.5) is 0 Å². The largest absolute Gasteiger partial charge is 0.354 e. The first-order valence-electron chi connectivity index (χ1n) is 7.52. The highest BCUT2D eigenvalue weighted by Crippen LogP contribution is 2.48. The van der Waals surface area contributed by atoms with Crippen LogP contribution in [0.2, 0.25) is 0 Å².